The van der Waals surface area contributed by atoms with Crippen LogP contribution in [0.25, 0.3) is 0 Å². The highest BCUT2D eigenvalue weighted by Gasteiger charge is 2.29. The second-order valence-electron chi connectivity index (χ2n) is 5.42. The van der Waals surface area contributed by atoms with E-state index in [-0.39, 0.29) is 11.2 Å². The van der Waals surface area contributed by atoms with Crippen molar-refractivity contribution in [3.05, 3.63) is 35.9 Å². The maximum absolute atomic E-state index is 12.1. The summed E-state index contributed by atoms with van der Waals surface area (Å²) in [4.78, 5) is 12.1. The lowest BCUT2D eigenvalue weighted by Crippen LogP contribution is -2.32. The Morgan fingerprint density at radius 2 is 2.18 bits per heavy atom. The number of hydrogen-bond acceptors (Lipinski definition) is 5. The molecule has 0 spiro atoms. The Balaban J connectivity index is 1.46. The molecule has 1 heterocycles. The van der Waals surface area contributed by atoms with Crippen LogP contribution in [0.2, 0.25) is 0 Å². The third kappa shape index (κ3) is 3.85. The number of hydrogen-bond donors (Lipinski definition) is 1. The maximum Gasteiger partial charge on any atom is 0.233 e. The molecule has 22 heavy (non-hydrogen) atoms. The van der Waals surface area contributed by atoms with E-state index < -0.39 is 0 Å². The van der Waals surface area contributed by atoms with Crippen LogP contribution in [0, 0.1) is 0 Å². The summed E-state index contributed by atoms with van der Waals surface area (Å²) in [6, 6.07) is 10.6. The smallest absolute Gasteiger partial charge is 0.233 e. The normalized spacial score (nSPS) is 15.5. The van der Waals surface area contributed by atoms with Crippen molar-refractivity contribution in [3.8, 4) is 0 Å². The molecule has 0 bridgehead atoms. The van der Waals surface area contributed by atoms with Gasteiger partial charge in [0.25, 0.3) is 0 Å². The molecule has 7 heteroatoms. The zero-order chi connectivity index (χ0) is 15.4. The maximum atomic E-state index is 12.1. The number of aromatic nitrogens is 4. The van der Waals surface area contributed by atoms with Gasteiger partial charge < -0.3 is 5.32 Å². The molecular formula is C15H19N5OS. The molecule has 0 radical (unpaired) electrons. The fourth-order valence-corrected chi connectivity index (χ4v) is 3.03. The number of benzene rings is 1. The number of carbonyl (C=O) groups excluding carboxylic acids is 1. The molecule has 6 nitrogen and oxygen atoms in total. The number of amides is 1. The van der Waals surface area contributed by atoms with Gasteiger partial charge in [0.1, 0.15) is 0 Å². The van der Waals surface area contributed by atoms with Crippen LogP contribution in [-0.4, -0.2) is 37.9 Å². The van der Waals surface area contributed by atoms with Gasteiger partial charge in [-0.2, -0.15) is 0 Å². The van der Waals surface area contributed by atoms with E-state index in [4.69, 9.17) is 0 Å². The van der Waals surface area contributed by atoms with Crippen molar-refractivity contribution in [1.29, 1.82) is 0 Å². The average molecular weight is 317 g/mol. The van der Waals surface area contributed by atoms with E-state index in [2.05, 4.69) is 33.0 Å². The molecular weight excluding hydrogens is 298 g/mol. The number of carbonyl (C=O) groups is 1. The number of tetrazole rings is 1. The lowest BCUT2D eigenvalue weighted by molar-refractivity contribution is -0.120. The monoisotopic (exact) mass is 317 g/mol. The quantitative estimate of drug-likeness (QED) is 0.789. The standard InChI is InChI=1S/C15H19N5OS/c1-11(22-15-17-18-19-20(15)13-7-8-13)14(21)16-10-9-12-5-3-2-4-6-12/h2-6,11,13H,7-10H2,1H3,(H,16,21)/t11-/m1/s1. The van der Waals surface area contributed by atoms with Crippen LogP contribution in [0.15, 0.2) is 35.5 Å². The fourth-order valence-electron chi connectivity index (χ4n) is 2.14. The van der Waals surface area contributed by atoms with Gasteiger partial charge in [-0.05, 0) is 42.2 Å². The van der Waals surface area contributed by atoms with Gasteiger partial charge in [-0.1, -0.05) is 42.1 Å². The van der Waals surface area contributed by atoms with Crippen molar-refractivity contribution in [3.63, 3.8) is 0 Å². The van der Waals surface area contributed by atoms with E-state index in [0.29, 0.717) is 12.6 Å². The van der Waals surface area contributed by atoms with Gasteiger partial charge in [0.2, 0.25) is 11.1 Å². The molecule has 1 N–H and O–H groups in total. The number of nitrogens with one attached hydrogen (secondary N) is 1. The van der Waals surface area contributed by atoms with Gasteiger partial charge in [-0.3, -0.25) is 4.79 Å². The molecule has 1 aliphatic carbocycles. The van der Waals surface area contributed by atoms with Crippen molar-refractivity contribution in [2.45, 2.75) is 42.6 Å². The van der Waals surface area contributed by atoms with E-state index in [9.17, 15) is 4.79 Å². The van der Waals surface area contributed by atoms with Crippen molar-refractivity contribution in [2.24, 2.45) is 0 Å². The summed E-state index contributed by atoms with van der Waals surface area (Å²) in [5.74, 6) is 0.0197. The summed E-state index contributed by atoms with van der Waals surface area (Å²) in [5.41, 5.74) is 1.22. The molecule has 116 valence electrons. The highest BCUT2D eigenvalue weighted by atomic mass is 32.2. The van der Waals surface area contributed by atoms with Crippen LogP contribution in [0.1, 0.15) is 31.4 Å². The summed E-state index contributed by atoms with van der Waals surface area (Å²) in [6.45, 7) is 2.52. The lowest BCUT2D eigenvalue weighted by Gasteiger charge is -2.11. The summed E-state index contributed by atoms with van der Waals surface area (Å²) < 4.78 is 1.83. The molecule has 0 unspecified atom stereocenters. The van der Waals surface area contributed by atoms with Crippen molar-refractivity contribution >= 4 is 17.7 Å². The first-order chi connectivity index (χ1) is 10.7. The summed E-state index contributed by atoms with van der Waals surface area (Å²) in [7, 11) is 0. The molecule has 1 aliphatic rings. The minimum atomic E-state index is -0.209. The number of rotatable bonds is 7. The Morgan fingerprint density at radius 3 is 2.91 bits per heavy atom. The largest absolute Gasteiger partial charge is 0.355 e. The highest BCUT2D eigenvalue weighted by Crippen LogP contribution is 2.37. The molecule has 1 aromatic heterocycles. The Morgan fingerprint density at radius 1 is 1.41 bits per heavy atom. The van der Waals surface area contributed by atoms with Crippen molar-refractivity contribution in [2.75, 3.05) is 6.54 Å². The molecule has 1 amide bonds. The molecule has 1 aromatic carbocycles. The Kier molecular flexibility index (Phi) is 4.72. The van der Waals surface area contributed by atoms with Crippen LogP contribution < -0.4 is 5.32 Å². The zero-order valence-electron chi connectivity index (χ0n) is 12.5. The highest BCUT2D eigenvalue weighted by molar-refractivity contribution is 8.00. The molecule has 1 saturated carbocycles. The van der Waals surface area contributed by atoms with E-state index >= 15 is 0 Å². The second kappa shape index (κ2) is 6.91. The average Bonchev–Trinajstić information content (AvgIpc) is 3.28. The second-order valence-corrected chi connectivity index (χ2v) is 6.73. The molecule has 0 saturated heterocycles. The predicted octanol–water partition coefficient (Wildman–Crippen LogP) is 1.85. The van der Waals surface area contributed by atoms with Gasteiger partial charge in [0, 0.05) is 6.54 Å². The predicted molar refractivity (Wildman–Crippen MR) is 84.6 cm³/mol. The van der Waals surface area contributed by atoms with Crippen molar-refractivity contribution in [1.82, 2.24) is 25.5 Å². The molecule has 1 atom stereocenters. The first-order valence-corrected chi connectivity index (χ1v) is 8.38. The van der Waals surface area contributed by atoms with Crippen LogP contribution >= 0.6 is 11.8 Å². The van der Waals surface area contributed by atoms with E-state index in [0.717, 1.165) is 24.4 Å². The topological polar surface area (TPSA) is 72.7 Å². The van der Waals surface area contributed by atoms with Gasteiger partial charge in [-0.25, -0.2) is 4.68 Å². The SMILES string of the molecule is C[C@@H](Sc1nnnn1C1CC1)C(=O)NCCc1ccccc1. The molecule has 3 rings (SSSR count). The van der Waals surface area contributed by atoms with Gasteiger partial charge >= 0.3 is 0 Å². The van der Waals surface area contributed by atoms with Gasteiger partial charge in [0.15, 0.2) is 0 Å². The van der Waals surface area contributed by atoms with Crippen LogP contribution in [0.5, 0.6) is 0 Å². The first-order valence-electron chi connectivity index (χ1n) is 7.50. The van der Waals surface area contributed by atoms with Crippen LogP contribution in [0.3, 0.4) is 0 Å². The molecule has 2 aromatic rings. The van der Waals surface area contributed by atoms with Crippen molar-refractivity contribution < 1.29 is 4.79 Å². The molecule has 1 fully saturated rings. The summed E-state index contributed by atoms with van der Waals surface area (Å²) in [6.07, 6.45) is 3.08. The van der Waals surface area contributed by atoms with Gasteiger partial charge in [-0.15, -0.1) is 5.10 Å². The third-order valence-corrected chi connectivity index (χ3v) is 4.61. The molecule has 0 aliphatic heterocycles. The zero-order valence-corrected chi connectivity index (χ0v) is 13.3. The third-order valence-electron chi connectivity index (χ3n) is 3.56. The van der Waals surface area contributed by atoms with Gasteiger partial charge in [0.05, 0.1) is 11.3 Å². The lowest BCUT2D eigenvalue weighted by atomic mass is 10.1. The van der Waals surface area contributed by atoms with E-state index in [1.54, 1.807) is 0 Å². The number of nitrogens with zero attached hydrogens (tertiary/aromatic N) is 4. The Labute approximate surface area is 133 Å². The minimum Gasteiger partial charge on any atom is -0.355 e. The Hall–Kier alpha value is -1.89. The summed E-state index contributed by atoms with van der Waals surface area (Å²) in [5, 5.41) is 15.2. The first kappa shape index (κ1) is 15.0. The number of thioether (sulfide) groups is 1. The van der Waals surface area contributed by atoms with Crippen LogP contribution in [0.4, 0.5) is 0 Å². The van der Waals surface area contributed by atoms with E-state index in [1.807, 2.05) is 29.8 Å². The summed E-state index contributed by atoms with van der Waals surface area (Å²) >= 11 is 1.41. The Bertz CT molecular complexity index is 626. The van der Waals surface area contributed by atoms with Crippen LogP contribution in [-0.2, 0) is 11.2 Å². The van der Waals surface area contributed by atoms with E-state index in [1.165, 1.54) is 17.3 Å². The fraction of sp³-hybridized carbons (Fsp3) is 0.467. The minimum absolute atomic E-state index is 0.0197.